The van der Waals surface area contributed by atoms with Crippen LogP contribution in [0.5, 0.6) is 0 Å². The van der Waals surface area contributed by atoms with E-state index in [1.165, 1.54) is 36.4 Å². The molecule has 2 aromatic rings. The molecular formula is C16H9FN2O4S. The van der Waals surface area contributed by atoms with E-state index in [0.717, 1.165) is 28.8 Å². The third-order valence-corrected chi connectivity index (χ3v) is 4.13. The number of carbonyl (C=O) groups is 2. The molecule has 0 N–H and O–H groups in total. The predicted octanol–water partition coefficient (Wildman–Crippen LogP) is 3.97. The predicted molar refractivity (Wildman–Crippen MR) is 87.9 cm³/mol. The van der Waals surface area contributed by atoms with Gasteiger partial charge in [0.2, 0.25) is 0 Å². The van der Waals surface area contributed by atoms with Crippen molar-refractivity contribution >= 4 is 40.4 Å². The smallest absolute Gasteiger partial charge is 0.268 e. The summed E-state index contributed by atoms with van der Waals surface area (Å²) in [7, 11) is 0. The Kier molecular flexibility index (Phi) is 4.13. The lowest BCUT2D eigenvalue weighted by atomic mass is 10.2. The lowest BCUT2D eigenvalue weighted by molar-refractivity contribution is -0.384. The number of nitro groups is 1. The number of non-ortho nitro benzene ring substituents is 1. The number of rotatable bonds is 3. The summed E-state index contributed by atoms with van der Waals surface area (Å²) in [5, 5.41) is 10.3. The molecule has 8 heteroatoms. The average Bonchev–Trinajstić information content (AvgIpc) is 2.83. The summed E-state index contributed by atoms with van der Waals surface area (Å²) in [5.41, 5.74) is 0.594. The van der Waals surface area contributed by atoms with Crippen molar-refractivity contribution in [3.63, 3.8) is 0 Å². The molecule has 0 atom stereocenters. The fourth-order valence-corrected chi connectivity index (χ4v) is 3.00. The Morgan fingerprint density at radius 1 is 1.12 bits per heavy atom. The Morgan fingerprint density at radius 3 is 2.50 bits per heavy atom. The molecular weight excluding hydrogens is 335 g/mol. The van der Waals surface area contributed by atoms with E-state index in [0.29, 0.717) is 5.56 Å². The van der Waals surface area contributed by atoms with Crippen molar-refractivity contribution < 1.29 is 18.9 Å². The second-order valence-electron chi connectivity index (χ2n) is 4.85. The van der Waals surface area contributed by atoms with E-state index in [2.05, 4.69) is 0 Å². The van der Waals surface area contributed by atoms with Gasteiger partial charge in [-0.3, -0.25) is 19.7 Å². The van der Waals surface area contributed by atoms with Crippen LogP contribution in [0.15, 0.2) is 53.4 Å². The first-order valence-corrected chi connectivity index (χ1v) is 7.55. The molecule has 0 radical (unpaired) electrons. The van der Waals surface area contributed by atoms with E-state index in [-0.39, 0.29) is 16.3 Å². The molecule has 3 rings (SSSR count). The van der Waals surface area contributed by atoms with Crippen molar-refractivity contribution in [3.8, 4) is 0 Å². The van der Waals surface area contributed by atoms with E-state index >= 15 is 0 Å². The lowest BCUT2D eigenvalue weighted by Crippen LogP contribution is -2.27. The summed E-state index contributed by atoms with van der Waals surface area (Å²) in [6.07, 6.45) is 1.42. The second-order valence-corrected chi connectivity index (χ2v) is 5.84. The van der Waals surface area contributed by atoms with Gasteiger partial charge in [-0.05, 0) is 47.7 Å². The van der Waals surface area contributed by atoms with Gasteiger partial charge in [0, 0.05) is 12.1 Å². The molecule has 2 aromatic carbocycles. The maximum Gasteiger partial charge on any atom is 0.298 e. The van der Waals surface area contributed by atoms with E-state index in [9.17, 15) is 24.1 Å². The van der Waals surface area contributed by atoms with Crippen LogP contribution in [0.25, 0.3) is 6.08 Å². The number of imide groups is 1. The number of thioether (sulfide) groups is 1. The Labute approximate surface area is 139 Å². The summed E-state index contributed by atoms with van der Waals surface area (Å²) >= 11 is 0.725. The van der Waals surface area contributed by atoms with Crippen LogP contribution in [-0.2, 0) is 4.79 Å². The van der Waals surface area contributed by atoms with Crippen LogP contribution in [0, 0.1) is 15.9 Å². The van der Waals surface area contributed by atoms with Gasteiger partial charge in [0.1, 0.15) is 5.82 Å². The highest BCUT2D eigenvalue weighted by molar-refractivity contribution is 8.19. The highest BCUT2D eigenvalue weighted by atomic mass is 32.2. The number of amides is 2. The van der Waals surface area contributed by atoms with Crippen LogP contribution in [0.2, 0.25) is 0 Å². The number of carbonyl (C=O) groups excluding carboxylic acids is 2. The number of benzene rings is 2. The van der Waals surface area contributed by atoms with Gasteiger partial charge in [-0.2, -0.15) is 0 Å². The maximum atomic E-state index is 13.0. The number of nitrogens with zero attached hydrogens (tertiary/aromatic N) is 2. The molecule has 0 saturated carbocycles. The molecule has 120 valence electrons. The van der Waals surface area contributed by atoms with Gasteiger partial charge >= 0.3 is 0 Å². The van der Waals surface area contributed by atoms with Crippen molar-refractivity contribution in [2.45, 2.75) is 0 Å². The Balaban J connectivity index is 1.92. The first-order chi connectivity index (χ1) is 11.5. The van der Waals surface area contributed by atoms with Gasteiger partial charge in [0.15, 0.2) is 0 Å². The van der Waals surface area contributed by atoms with Gasteiger partial charge in [-0.25, -0.2) is 9.29 Å². The SMILES string of the molecule is O=C1SC(=Cc2cccc([N+](=O)[O-])c2)C(=O)N1c1ccc(F)cc1. The van der Waals surface area contributed by atoms with Crippen LogP contribution in [0.4, 0.5) is 20.6 Å². The van der Waals surface area contributed by atoms with Crippen molar-refractivity contribution in [3.05, 3.63) is 74.9 Å². The summed E-state index contributed by atoms with van der Waals surface area (Å²) in [6.45, 7) is 0. The molecule has 1 aliphatic rings. The molecule has 0 spiro atoms. The van der Waals surface area contributed by atoms with Gasteiger partial charge < -0.3 is 0 Å². The highest BCUT2D eigenvalue weighted by Gasteiger charge is 2.36. The van der Waals surface area contributed by atoms with Gasteiger partial charge in [-0.15, -0.1) is 0 Å². The molecule has 0 bridgehead atoms. The molecule has 0 unspecified atom stereocenters. The Hall–Kier alpha value is -3.00. The molecule has 1 saturated heterocycles. The normalized spacial score (nSPS) is 16.0. The monoisotopic (exact) mass is 344 g/mol. The molecule has 1 aliphatic heterocycles. The van der Waals surface area contributed by atoms with Gasteiger partial charge in [0.25, 0.3) is 16.8 Å². The summed E-state index contributed by atoms with van der Waals surface area (Å²) < 4.78 is 13.0. The standard InChI is InChI=1S/C16H9FN2O4S/c17-11-4-6-12(7-5-11)18-15(20)14(24-16(18)21)9-10-2-1-3-13(8-10)19(22)23/h1-9H. The van der Waals surface area contributed by atoms with Crippen LogP contribution in [-0.4, -0.2) is 16.1 Å². The fraction of sp³-hybridized carbons (Fsp3) is 0. The topological polar surface area (TPSA) is 80.5 Å². The lowest BCUT2D eigenvalue weighted by Gasteiger charge is -2.11. The number of halogens is 1. The third kappa shape index (κ3) is 3.04. The summed E-state index contributed by atoms with van der Waals surface area (Å²) in [4.78, 5) is 35.8. The first kappa shape index (κ1) is 15.9. The largest absolute Gasteiger partial charge is 0.298 e. The van der Waals surface area contributed by atoms with Crippen LogP contribution in [0.3, 0.4) is 0 Å². The molecule has 0 aliphatic carbocycles. The zero-order valence-corrected chi connectivity index (χ0v) is 12.8. The minimum absolute atomic E-state index is 0.110. The zero-order valence-electron chi connectivity index (χ0n) is 12.0. The molecule has 0 aromatic heterocycles. The number of anilines is 1. The average molecular weight is 344 g/mol. The molecule has 2 amide bonds. The highest BCUT2D eigenvalue weighted by Crippen LogP contribution is 2.35. The fourth-order valence-electron chi connectivity index (χ4n) is 2.16. The van der Waals surface area contributed by atoms with E-state index in [1.807, 2.05) is 0 Å². The molecule has 6 nitrogen and oxygen atoms in total. The van der Waals surface area contributed by atoms with Gasteiger partial charge in [0.05, 0.1) is 15.5 Å². The maximum absolute atomic E-state index is 13.0. The van der Waals surface area contributed by atoms with Crippen molar-refractivity contribution in [2.75, 3.05) is 4.90 Å². The third-order valence-electron chi connectivity index (χ3n) is 3.26. The number of hydrogen-bond acceptors (Lipinski definition) is 5. The molecule has 1 heterocycles. The first-order valence-electron chi connectivity index (χ1n) is 6.74. The molecule has 24 heavy (non-hydrogen) atoms. The molecule has 1 fully saturated rings. The number of hydrogen-bond donors (Lipinski definition) is 0. The quantitative estimate of drug-likeness (QED) is 0.478. The Morgan fingerprint density at radius 2 is 1.83 bits per heavy atom. The minimum Gasteiger partial charge on any atom is -0.268 e. The van der Waals surface area contributed by atoms with Crippen LogP contribution < -0.4 is 4.90 Å². The van der Waals surface area contributed by atoms with Crippen LogP contribution >= 0.6 is 11.8 Å². The van der Waals surface area contributed by atoms with Crippen molar-refractivity contribution in [2.24, 2.45) is 0 Å². The van der Waals surface area contributed by atoms with E-state index in [1.54, 1.807) is 6.07 Å². The summed E-state index contributed by atoms with van der Waals surface area (Å²) in [5.74, 6) is -1.03. The zero-order chi connectivity index (χ0) is 17.3. The van der Waals surface area contributed by atoms with Crippen molar-refractivity contribution in [1.29, 1.82) is 0 Å². The van der Waals surface area contributed by atoms with E-state index in [4.69, 9.17) is 0 Å². The van der Waals surface area contributed by atoms with E-state index < -0.39 is 21.9 Å². The Bertz CT molecular complexity index is 880. The van der Waals surface area contributed by atoms with Gasteiger partial charge in [-0.1, -0.05) is 12.1 Å². The number of nitro benzene ring substituents is 1. The minimum atomic E-state index is -0.553. The van der Waals surface area contributed by atoms with Crippen molar-refractivity contribution in [1.82, 2.24) is 0 Å². The summed E-state index contributed by atoms with van der Waals surface area (Å²) in [6, 6.07) is 10.7. The second kappa shape index (κ2) is 6.25. The van der Waals surface area contributed by atoms with Crippen LogP contribution in [0.1, 0.15) is 5.56 Å².